The van der Waals surface area contributed by atoms with Gasteiger partial charge in [0.25, 0.3) is 0 Å². The van der Waals surface area contributed by atoms with Crippen molar-refractivity contribution in [2.24, 2.45) is 5.92 Å². The van der Waals surface area contributed by atoms with Gasteiger partial charge in [0.2, 0.25) is 5.78 Å². The first-order valence-corrected chi connectivity index (χ1v) is 15.0. The number of nitrogens with one attached hydrogen (secondary N) is 2. The molecule has 0 aliphatic carbocycles. The van der Waals surface area contributed by atoms with Crippen LogP contribution in [0.2, 0.25) is 0 Å². The SMILES string of the molecule is CCCN1CCC(C)C1.O=C(c1cc(N2CCC(n3c(=O)[nH]c4ncccc43)CC2)ncn1)c1c[nH]c2ccccc12. The number of hydrogen-bond acceptors (Lipinski definition) is 7. The number of carbonyl (C=O) groups is 1. The number of ketones is 1. The van der Waals surface area contributed by atoms with Gasteiger partial charge in [-0.15, -0.1) is 0 Å². The summed E-state index contributed by atoms with van der Waals surface area (Å²) >= 11 is 0. The molecule has 6 heterocycles. The summed E-state index contributed by atoms with van der Waals surface area (Å²) < 4.78 is 1.81. The summed E-state index contributed by atoms with van der Waals surface area (Å²) in [6, 6.07) is 13.3. The maximum absolute atomic E-state index is 13.1. The van der Waals surface area contributed by atoms with Crippen molar-refractivity contribution in [3.8, 4) is 0 Å². The number of nitrogens with zero attached hydrogens (tertiary/aromatic N) is 6. The number of pyridine rings is 1. The number of fused-ring (bicyclic) bond motifs is 2. The molecule has 10 heteroatoms. The molecule has 5 aromatic rings. The lowest BCUT2D eigenvalue weighted by Crippen LogP contribution is -2.37. The number of anilines is 1. The molecule has 2 N–H and O–H groups in total. The maximum Gasteiger partial charge on any atom is 0.327 e. The molecule has 0 radical (unpaired) electrons. The van der Waals surface area contributed by atoms with Crippen molar-refractivity contribution >= 4 is 33.7 Å². The first-order valence-electron chi connectivity index (χ1n) is 15.0. The third-order valence-electron chi connectivity index (χ3n) is 8.41. The Kier molecular flexibility index (Phi) is 8.14. The zero-order valence-corrected chi connectivity index (χ0v) is 24.3. The lowest BCUT2D eigenvalue weighted by Gasteiger charge is -2.33. The average molecular weight is 567 g/mol. The standard InChI is InChI=1S/C24H21N7O2.C8H17N/c32-22(17-13-26-18-5-2-1-4-16(17)18)19-12-21(28-14-27-19)30-10-7-15(8-11-30)31-20-6-3-9-25-23(20)29-24(31)33;1-3-5-9-6-4-8(2)7-9/h1-6,9,12-15,26H,7-8,10-11H2,(H,25,29,33);8H,3-7H2,1-2H3. The smallest absolute Gasteiger partial charge is 0.327 e. The summed E-state index contributed by atoms with van der Waals surface area (Å²) in [5.74, 6) is 1.54. The second-order valence-corrected chi connectivity index (χ2v) is 11.4. The Morgan fingerprint density at radius 3 is 2.64 bits per heavy atom. The number of hydrogen-bond donors (Lipinski definition) is 2. The molecule has 2 aliphatic rings. The van der Waals surface area contributed by atoms with Gasteiger partial charge in [-0.05, 0) is 62.9 Å². The molecule has 2 fully saturated rings. The van der Waals surface area contributed by atoms with Crippen molar-refractivity contribution in [3.05, 3.63) is 82.9 Å². The molecule has 0 saturated carbocycles. The predicted octanol–water partition coefficient (Wildman–Crippen LogP) is 4.81. The molecule has 4 aromatic heterocycles. The van der Waals surface area contributed by atoms with E-state index in [2.05, 4.69) is 48.6 Å². The topological polar surface area (TPSA) is 116 Å². The molecule has 42 heavy (non-hydrogen) atoms. The van der Waals surface area contributed by atoms with E-state index in [9.17, 15) is 9.59 Å². The number of aromatic amines is 2. The van der Waals surface area contributed by atoms with Gasteiger partial charge in [0.05, 0.1) is 5.52 Å². The van der Waals surface area contributed by atoms with Crippen molar-refractivity contribution in [2.45, 2.75) is 45.6 Å². The van der Waals surface area contributed by atoms with E-state index in [0.29, 0.717) is 16.9 Å². The largest absolute Gasteiger partial charge is 0.360 e. The molecule has 2 saturated heterocycles. The van der Waals surface area contributed by atoms with E-state index in [1.807, 2.05) is 41.0 Å². The van der Waals surface area contributed by atoms with Crippen LogP contribution in [0, 0.1) is 5.92 Å². The van der Waals surface area contributed by atoms with Crippen LogP contribution in [0.1, 0.15) is 61.6 Å². The summed E-state index contributed by atoms with van der Waals surface area (Å²) in [6.45, 7) is 10.0. The number of H-pyrrole nitrogens is 2. The van der Waals surface area contributed by atoms with Gasteiger partial charge < -0.3 is 14.8 Å². The van der Waals surface area contributed by atoms with E-state index in [1.54, 1.807) is 18.5 Å². The number of benzene rings is 1. The van der Waals surface area contributed by atoms with Crippen LogP contribution < -0.4 is 10.6 Å². The summed E-state index contributed by atoms with van der Waals surface area (Å²) in [5, 5.41) is 0.877. The second kappa shape index (κ2) is 12.3. The molecule has 1 unspecified atom stereocenters. The van der Waals surface area contributed by atoms with Crippen molar-refractivity contribution in [1.29, 1.82) is 0 Å². The molecular formula is C32H38N8O2. The molecule has 0 amide bonds. The highest BCUT2D eigenvalue weighted by Crippen LogP contribution is 2.28. The Balaban J connectivity index is 0.000000302. The van der Waals surface area contributed by atoms with Crippen LogP contribution in [0.4, 0.5) is 5.82 Å². The van der Waals surface area contributed by atoms with E-state index in [0.717, 1.165) is 54.1 Å². The van der Waals surface area contributed by atoms with Crippen LogP contribution in [0.3, 0.4) is 0 Å². The van der Waals surface area contributed by atoms with Crippen LogP contribution in [0.5, 0.6) is 0 Å². The molecule has 1 atom stereocenters. The van der Waals surface area contributed by atoms with Gasteiger partial charge in [-0.1, -0.05) is 32.0 Å². The van der Waals surface area contributed by atoms with Gasteiger partial charge in [0.15, 0.2) is 5.65 Å². The molecule has 1 aromatic carbocycles. The van der Waals surface area contributed by atoms with Crippen LogP contribution in [-0.4, -0.2) is 72.9 Å². The first kappa shape index (κ1) is 27.8. The minimum atomic E-state index is -0.135. The molecular weight excluding hydrogens is 528 g/mol. The molecule has 218 valence electrons. The second-order valence-electron chi connectivity index (χ2n) is 11.4. The molecule has 2 aliphatic heterocycles. The van der Waals surface area contributed by atoms with E-state index in [1.165, 1.54) is 38.8 Å². The molecule has 10 nitrogen and oxygen atoms in total. The van der Waals surface area contributed by atoms with Crippen LogP contribution >= 0.6 is 0 Å². The minimum Gasteiger partial charge on any atom is -0.360 e. The Hall–Kier alpha value is -4.31. The van der Waals surface area contributed by atoms with Gasteiger partial charge in [0.1, 0.15) is 17.8 Å². The van der Waals surface area contributed by atoms with E-state index in [4.69, 9.17) is 0 Å². The Labute approximate surface area is 244 Å². The fourth-order valence-corrected chi connectivity index (χ4v) is 6.26. The number of para-hydroxylation sites is 1. The third kappa shape index (κ3) is 5.72. The quantitative estimate of drug-likeness (QED) is 0.284. The van der Waals surface area contributed by atoms with Crippen molar-refractivity contribution in [1.82, 2.24) is 34.4 Å². The number of carbonyl (C=O) groups excluding carboxylic acids is 1. The zero-order valence-electron chi connectivity index (χ0n) is 24.3. The van der Waals surface area contributed by atoms with E-state index < -0.39 is 0 Å². The number of piperidine rings is 1. The fourth-order valence-electron chi connectivity index (χ4n) is 6.26. The monoisotopic (exact) mass is 566 g/mol. The number of imidazole rings is 1. The average Bonchev–Trinajstić information content (AvgIpc) is 3.73. The predicted molar refractivity (Wildman–Crippen MR) is 165 cm³/mol. The van der Waals surface area contributed by atoms with Crippen LogP contribution in [0.25, 0.3) is 22.1 Å². The molecule has 0 spiro atoms. The van der Waals surface area contributed by atoms with Crippen LogP contribution in [0.15, 0.2) is 66.0 Å². The maximum atomic E-state index is 13.1. The normalized spacial score (nSPS) is 18.0. The highest BCUT2D eigenvalue weighted by atomic mass is 16.1. The van der Waals surface area contributed by atoms with Crippen molar-refractivity contribution < 1.29 is 4.79 Å². The van der Waals surface area contributed by atoms with Crippen LogP contribution in [-0.2, 0) is 0 Å². The van der Waals surface area contributed by atoms with Crippen molar-refractivity contribution in [3.63, 3.8) is 0 Å². The fraction of sp³-hybridized carbons (Fsp3) is 0.406. The zero-order chi connectivity index (χ0) is 29.1. The summed E-state index contributed by atoms with van der Waals surface area (Å²) in [4.78, 5) is 49.2. The lowest BCUT2D eigenvalue weighted by atomic mass is 10.0. The number of aromatic nitrogens is 6. The number of rotatable bonds is 6. The van der Waals surface area contributed by atoms with E-state index in [-0.39, 0.29) is 17.5 Å². The number of likely N-dealkylation sites (tertiary alicyclic amines) is 1. The third-order valence-corrected chi connectivity index (χ3v) is 8.41. The summed E-state index contributed by atoms with van der Waals surface area (Å²) in [6.07, 6.45) is 9.16. The van der Waals surface area contributed by atoms with E-state index >= 15 is 0 Å². The minimum absolute atomic E-state index is 0.0841. The molecule has 0 bridgehead atoms. The first-order chi connectivity index (χ1) is 20.5. The Bertz CT molecular complexity index is 1730. The lowest BCUT2D eigenvalue weighted by molar-refractivity contribution is 0.103. The summed E-state index contributed by atoms with van der Waals surface area (Å²) in [5.41, 5.74) is 3.19. The van der Waals surface area contributed by atoms with Crippen molar-refractivity contribution in [2.75, 3.05) is 37.6 Å². The highest BCUT2D eigenvalue weighted by molar-refractivity contribution is 6.15. The van der Waals surface area contributed by atoms with Gasteiger partial charge in [0, 0.05) is 60.6 Å². The summed E-state index contributed by atoms with van der Waals surface area (Å²) in [7, 11) is 0. The van der Waals surface area contributed by atoms with Gasteiger partial charge in [-0.2, -0.15) is 0 Å². The van der Waals surface area contributed by atoms with Gasteiger partial charge >= 0.3 is 5.69 Å². The van der Waals surface area contributed by atoms with Gasteiger partial charge in [-0.3, -0.25) is 14.3 Å². The highest BCUT2D eigenvalue weighted by Gasteiger charge is 2.25. The van der Waals surface area contributed by atoms with Gasteiger partial charge in [-0.25, -0.2) is 19.7 Å². The Morgan fingerprint density at radius 1 is 1.02 bits per heavy atom. The molecule has 7 rings (SSSR count). The Morgan fingerprint density at radius 2 is 1.86 bits per heavy atom.